The molecule has 92 valence electrons. The molecule has 2 rings (SSSR count). The number of carbonyl (C=O) groups excluding carboxylic acids is 1. The van der Waals surface area contributed by atoms with Crippen LogP contribution in [0.25, 0.3) is 0 Å². The fourth-order valence-electron chi connectivity index (χ4n) is 1.90. The number of carbonyl (C=O) groups is 1. The summed E-state index contributed by atoms with van der Waals surface area (Å²) in [7, 11) is 0. The second kappa shape index (κ2) is 5.17. The van der Waals surface area contributed by atoms with Gasteiger partial charge in [0.25, 0.3) is 5.91 Å². The molecule has 0 radical (unpaired) electrons. The van der Waals surface area contributed by atoms with Gasteiger partial charge in [0.15, 0.2) is 0 Å². The Labute approximate surface area is 101 Å². The first kappa shape index (κ1) is 11.9. The van der Waals surface area contributed by atoms with Gasteiger partial charge in [-0.1, -0.05) is 13.0 Å². The number of nitrogens with one attached hydrogen (secondary N) is 1. The second-order valence-electron chi connectivity index (χ2n) is 4.62. The number of hydrogen-bond acceptors (Lipinski definition) is 2. The van der Waals surface area contributed by atoms with Crippen molar-refractivity contribution in [2.24, 2.45) is 5.92 Å². The summed E-state index contributed by atoms with van der Waals surface area (Å²) < 4.78 is 0. The van der Waals surface area contributed by atoms with E-state index in [4.69, 9.17) is 0 Å². The van der Waals surface area contributed by atoms with Crippen molar-refractivity contribution in [3.8, 4) is 0 Å². The Kier molecular flexibility index (Phi) is 3.61. The minimum Gasteiger partial charge on any atom is -0.337 e. The lowest BCUT2D eigenvalue weighted by Crippen LogP contribution is -2.34. The lowest BCUT2D eigenvalue weighted by molar-refractivity contribution is 0.0741. The highest BCUT2D eigenvalue weighted by molar-refractivity contribution is 5.92. The maximum absolute atomic E-state index is 12.2. The van der Waals surface area contributed by atoms with Crippen LogP contribution in [0.15, 0.2) is 23.0 Å². The minimum absolute atomic E-state index is 0.0588. The molecule has 0 bridgehead atoms. The molecule has 1 aliphatic rings. The van der Waals surface area contributed by atoms with Gasteiger partial charge in [-0.15, -0.1) is 0 Å². The van der Waals surface area contributed by atoms with Crippen molar-refractivity contribution in [1.82, 2.24) is 9.88 Å². The predicted octanol–water partition coefficient (Wildman–Crippen LogP) is 1.64. The number of hydrogen-bond donors (Lipinski definition) is 1. The van der Waals surface area contributed by atoms with Gasteiger partial charge in [0.05, 0.1) is 0 Å². The number of aromatic amines is 1. The monoisotopic (exact) mass is 234 g/mol. The van der Waals surface area contributed by atoms with Gasteiger partial charge >= 0.3 is 0 Å². The van der Waals surface area contributed by atoms with E-state index >= 15 is 0 Å². The zero-order chi connectivity index (χ0) is 12.3. The number of rotatable bonds is 5. The number of aromatic nitrogens is 1. The predicted molar refractivity (Wildman–Crippen MR) is 66.0 cm³/mol. The molecule has 1 heterocycles. The van der Waals surface area contributed by atoms with E-state index in [0.29, 0.717) is 11.6 Å². The Hall–Kier alpha value is -1.58. The number of nitrogens with zero attached hydrogens (tertiary/aromatic N) is 1. The molecular weight excluding hydrogens is 216 g/mol. The topological polar surface area (TPSA) is 53.2 Å². The van der Waals surface area contributed by atoms with Crippen molar-refractivity contribution in [3.05, 3.63) is 34.2 Å². The van der Waals surface area contributed by atoms with Crippen molar-refractivity contribution in [3.63, 3.8) is 0 Å². The van der Waals surface area contributed by atoms with Crippen LogP contribution < -0.4 is 5.56 Å². The third-order valence-corrected chi connectivity index (χ3v) is 2.96. The summed E-state index contributed by atoms with van der Waals surface area (Å²) in [4.78, 5) is 27.8. The Balaban J connectivity index is 2.11. The number of H-pyrrole nitrogens is 1. The Morgan fingerprint density at radius 1 is 1.47 bits per heavy atom. The molecular formula is C13H18N2O2. The normalized spacial score (nSPS) is 14.6. The zero-order valence-corrected chi connectivity index (χ0v) is 10.1. The minimum atomic E-state index is -0.223. The fraction of sp³-hybridized carbons (Fsp3) is 0.538. The van der Waals surface area contributed by atoms with Crippen molar-refractivity contribution >= 4 is 5.91 Å². The highest BCUT2D eigenvalue weighted by atomic mass is 16.2. The molecule has 1 aromatic rings. The van der Waals surface area contributed by atoms with Crippen LogP contribution in [0.3, 0.4) is 0 Å². The molecule has 1 amide bonds. The molecule has 0 spiro atoms. The quantitative estimate of drug-likeness (QED) is 0.842. The number of amides is 1. The third kappa shape index (κ3) is 3.19. The van der Waals surface area contributed by atoms with Crippen molar-refractivity contribution in [1.29, 1.82) is 0 Å². The molecule has 1 fully saturated rings. The molecule has 1 saturated carbocycles. The first-order valence-corrected chi connectivity index (χ1v) is 6.19. The van der Waals surface area contributed by atoms with E-state index in [1.807, 2.05) is 4.90 Å². The van der Waals surface area contributed by atoms with Gasteiger partial charge in [-0.05, 0) is 31.2 Å². The average Bonchev–Trinajstić information content (AvgIpc) is 3.11. The Morgan fingerprint density at radius 3 is 2.82 bits per heavy atom. The number of pyridine rings is 1. The lowest BCUT2D eigenvalue weighted by atomic mass is 10.2. The highest BCUT2D eigenvalue weighted by Crippen LogP contribution is 2.30. The first-order chi connectivity index (χ1) is 8.20. The molecule has 4 heteroatoms. The van der Waals surface area contributed by atoms with E-state index in [9.17, 15) is 9.59 Å². The molecule has 1 aliphatic carbocycles. The van der Waals surface area contributed by atoms with Crippen LogP contribution in [0.2, 0.25) is 0 Å². The molecule has 0 aliphatic heterocycles. The van der Waals surface area contributed by atoms with Gasteiger partial charge in [-0.3, -0.25) is 9.59 Å². The van der Waals surface area contributed by atoms with Gasteiger partial charge in [-0.2, -0.15) is 0 Å². The molecule has 17 heavy (non-hydrogen) atoms. The van der Waals surface area contributed by atoms with Gasteiger partial charge < -0.3 is 9.88 Å². The zero-order valence-electron chi connectivity index (χ0n) is 10.1. The second-order valence-corrected chi connectivity index (χ2v) is 4.62. The molecule has 0 atom stereocenters. The van der Waals surface area contributed by atoms with Crippen LogP contribution in [0.1, 0.15) is 36.7 Å². The Morgan fingerprint density at radius 2 is 2.24 bits per heavy atom. The standard InChI is InChI=1S/C13H18N2O2/c1-2-8-15(9-10-6-7-10)13(17)11-4-3-5-12(16)14-11/h3-5,10H,2,6-9H2,1H3,(H,14,16). The summed E-state index contributed by atoms with van der Waals surface area (Å²) >= 11 is 0. The third-order valence-electron chi connectivity index (χ3n) is 2.96. The van der Waals surface area contributed by atoms with Crippen LogP contribution in [0.5, 0.6) is 0 Å². The summed E-state index contributed by atoms with van der Waals surface area (Å²) in [6.45, 7) is 3.64. The molecule has 4 nitrogen and oxygen atoms in total. The summed E-state index contributed by atoms with van der Waals surface area (Å²) in [5, 5.41) is 0. The highest BCUT2D eigenvalue weighted by Gasteiger charge is 2.27. The molecule has 1 aromatic heterocycles. The maximum atomic E-state index is 12.2. The maximum Gasteiger partial charge on any atom is 0.270 e. The van der Waals surface area contributed by atoms with E-state index in [1.165, 1.54) is 18.9 Å². The van der Waals surface area contributed by atoms with Gasteiger partial charge in [0.2, 0.25) is 5.56 Å². The summed E-state index contributed by atoms with van der Waals surface area (Å²) in [5.41, 5.74) is 0.172. The summed E-state index contributed by atoms with van der Waals surface area (Å²) in [6, 6.07) is 4.70. The van der Waals surface area contributed by atoms with Gasteiger partial charge in [-0.25, -0.2) is 0 Å². The van der Waals surface area contributed by atoms with Gasteiger partial charge in [0.1, 0.15) is 5.69 Å². The van der Waals surface area contributed by atoms with Crippen LogP contribution in [0.4, 0.5) is 0 Å². The van der Waals surface area contributed by atoms with E-state index in [0.717, 1.165) is 19.5 Å². The van der Waals surface area contributed by atoms with Crippen molar-refractivity contribution in [2.45, 2.75) is 26.2 Å². The SMILES string of the molecule is CCCN(CC1CC1)C(=O)c1cccc(=O)[nH]1. The molecule has 0 aromatic carbocycles. The van der Waals surface area contributed by atoms with Crippen LogP contribution >= 0.6 is 0 Å². The van der Waals surface area contributed by atoms with E-state index < -0.39 is 0 Å². The average molecular weight is 234 g/mol. The molecule has 1 N–H and O–H groups in total. The van der Waals surface area contributed by atoms with Crippen molar-refractivity contribution < 1.29 is 4.79 Å². The van der Waals surface area contributed by atoms with Gasteiger partial charge in [0, 0.05) is 19.2 Å². The van der Waals surface area contributed by atoms with Crippen LogP contribution in [-0.4, -0.2) is 28.9 Å². The van der Waals surface area contributed by atoms with E-state index in [2.05, 4.69) is 11.9 Å². The Bertz CT molecular complexity index is 449. The van der Waals surface area contributed by atoms with Crippen LogP contribution in [-0.2, 0) is 0 Å². The molecule has 0 saturated heterocycles. The van der Waals surface area contributed by atoms with E-state index in [-0.39, 0.29) is 11.5 Å². The van der Waals surface area contributed by atoms with Crippen molar-refractivity contribution in [2.75, 3.05) is 13.1 Å². The largest absolute Gasteiger partial charge is 0.337 e. The smallest absolute Gasteiger partial charge is 0.270 e. The first-order valence-electron chi connectivity index (χ1n) is 6.19. The fourth-order valence-corrected chi connectivity index (χ4v) is 1.90. The lowest BCUT2D eigenvalue weighted by Gasteiger charge is -2.21. The summed E-state index contributed by atoms with van der Waals surface area (Å²) in [5.74, 6) is 0.609. The van der Waals surface area contributed by atoms with E-state index in [1.54, 1.807) is 12.1 Å². The molecule has 0 unspecified atom stereocenters. The van der Waals surface area contributed by atoms with Crippen LogP contribution in [0, 0.1) is 5.92 Å². The summed E-state index contributed by atoms with van der Waals surface area (Å²) in [6.07, 6.45) is 3.38.